The monoisotopic (exact) mass is 348 g/mol. The van der Waals surface area contributed by atoms with Gasteiger partial charge in [-0.25, -0.2) is 4.39 Å². The smallest absolute Gasteiger partial charge is 0.208 e. The summed E-state index contributed by atoms with van der Waals surface area (Å²) >= 11 is 1.58. The second-order valence-electron chi connectivity index (χ2n) is 6.62. The zero-order chi connectivity index (χ0) is 16.4. The van der Waals surface area contributed by atoms with Crippen LogP contribution in [0.3, 0.4) is 0 Å². The Hall–Kier alpha value is -1.57. The van der Waals surface area contributed by atoms with Gasteiger partial charge >= 0.3 is 0 Å². The normalized spacial score (nSPS) is 25.3. The van der Waals surface area contributed by atoms with Crippen molar-refractivity contribution in [3.63, 3.8) is 0 Å². The molecule has 0 amide bonds. The van der Waals surface area contributed by atoms with Crippen molar-refractivity contribution in [3.8, 4) is 0 Å². The van der Waals surface area contributed by atoms with Crippen LogP contribution < -0.4 is 4.90 Å². The van der Waals surface area contributed by atoms with Crippen molar-refractivity contribution in [2.45, 2.75) is 25.0 Å². The molecule has 0 radical (unpaired) electrons. The summed E-state index contributed by atoms with van der Waals surface area (Å²) in [5, 5.41) is 9.14. The molecule has 4 rings (SSSR count). The number of hydrogen-bond donors (Lipinski definition) is 0. The van der Waals surface area contributed by atoms with Gasteiger partial charge in [0.2, 0.25) is 5.13 Å². The zero-order valence-electron chi connectivity index (χ0n) is 13.5. The van der Waals surface area contributed by atoms with Crippen molar-refractivity contribution >= 4 is 16.5 Å². The van der Waals surface area contributed by atoms with Crippen molar-refractivity contribution in [1.29, 1.82) is 0 Å². The van der Waals surface area contributed by atoms with E-state index in [1.165, 1.54) is 12.1 Å². The third-order valence-corrected chi connectivity index (χ3v) is 5.56. The lowest BCUT2D eigenvalue weighted by Gasteiger charge is -2.48. The van der Waals surface area contributed by atoms with E-state index in [9.17, 15) is 4.39 Å². The Morgan fingerprint density at radius 2 is 2.08 bits per heavy atom. The average Bonchev–Trinajstić information content (AvgIpc) is 3.12. The third kappa shape index (κ3) is 3.43. The topological polar surface area (TPSA) is 41.5 Å². The van der Waals surface area contributed by atoms with Gasteiger partial charge in [-0.1, -0.05) is 23.5 Å². The van der Waals surface area contributed by atoms with Gasteiger partial charge in [0.05, 0.1) is 18.8 Å². The van der Waals surface area contributed by atoms with Gasteiger partial charge in [0, 0.05) is 26.2 Å². The minimum absolute atomic E-state index is 0.137. The molecule has 1 unspecified atom stereocenters. The molecule has 2 aliphatic heterocycles. The summed E-state index contributed by atoms with van der Waals surface area (Å²) in [5.74, 6) is -0.183. The molecule has 7 heteroatoms. The minimum Gasteiger partial charge on any atom is -0.370 e. The second kappa shape index (κ2) is 6.74. The Labute approximate surface area is 145 Å². The predicted molar refractivity (Wildman–Crippen MR) is 91.7 cm³/mol. The maximum Gasteiger partial charge on any atom is 0.208 e. The van der Waals surface area contributed by atoms with Crippen molar-refractivity contribution in [2.24, 2.45) is 0 Å². The molecule has 2 aromatic rings. The molecule has 128 valence electrons. The third-order valence-electron chi connectivity index (χ3n) is 4.81. The summed E-state index contributed by atoms with van der Waals surface area (Å²) in [7, 11) is 0. The minimum atomic E-state index is -0.183. The number of anilines is 1. The Morgan fingerprint density at radius 3 is 2.88 bits per heavy atom. The van der Waals surface area contributed by atoms with E-state index < -0.39 is 0 Å². The number of halogens is 1. The molecule has 2 fully saturated rings. The summed E-state index contributed by atoms with van der Waals surface area (Å²) < 4.78 is 19.3. The first kappa shape index (κ1) is 15.9. The molecule has 0 bridgehead atoms. The highest BCUT2D eigenvalue weighted by Crippen LogP contribution is 2.32. The van der Waals surface area contributed by atoms with E-state index in [4.69, 9.17) is 4.74 Å². The molecule has 2 saturated heterocycles. The first-order valence-electron chi connectivity index (χ1n) is 8.34. The summed E-state index contributed by atoms with van der Waals surface area (Å²) in [6, 6.07) is 6.80. The van der Waals surface area contributed by atoms with Crippen LogP contribution in [0.5, 0.6) is 0 Å². The molecular weight excluding hydrogens is 327 g/mol. The van der Waals surface area contributed by atoms with Gasteiger partial charge in [0.15, 0.2) is 0 Å². The standard InChI is InChI=1S/C17H21FN4OS/c18-15-4-2-14(3-5-15)10-21-8-9-23-17(11-21)6-1-7-22(12-17)16-20-19-13-24-16/h2-5,13H,1,6-12H2. The molecule has 1 aromatic carbocycles. The van der Waals surface area contributed by atoms with Crippen molar-refractivity contribution in [2.75, 3.05) is 37.7 Å². The number of ether oxygens (including phenoxy) is 1. The number of piperidine rings is 1. The van der Waals surface area contributed by atoms with Gasteiger partial charge in [-0.15, -0.1) is 10.2 Å². The van der Waals surface area contributed by atoms with Crippen molar-refractivity contribution < 1.29 is 9.13 Å². The van der Waals surface area contributed by atoms with Crippen LogP contribution in [0.4, 0.5) is 9.52 Å². The fourth-order valence-electron chi connectivity index (χ4n) is 3.72. The summed E-state index contributed by atoms with van der Waals surface area (Å²) in [6.07, 6.45) is 2.17. The fraction of sp³-hybridized carbons (Fsp3) is 0.529. The van der Waals surface area contributed by atoms with Crippen LogP contribution in [0.1, 0.15) is 18.4 Å². The largest absolute Gasteiger partial charge is 0.370 e. The second-order valence-corrected chi connectivity index (χ2v) is 7.43. The SMILES string of the molecule is Fc1ccc(CN2CCOC3(CCCN(c4nncs4)C3)C2)cc1. The van der Waals surface area contributed by atoms with Crippen LogP contribution >= 0.6 is 11.3 Å². The Morgan fingerprint density at radius 1 is 1.21 bits per heavy atom. The average molecular weight is 348 g/mol. The van der Waals surface area contributed by atoms with E-state index in [2.05, 4.69) is 20.0 Å². The van der Waals surface area contributed by atoms with E-state index in [1.54, 1.807) is 16.8 Å². The lowest BCUT2D eigenvalue weighted by atomic mass is 9.90. The van der Waals surface area contributed by atoms with E-state index in [1.807, 2.05) is 12.1 Å². The fourth-order valence-corrected chi connectivity index (χ4v) is 4.31. The van der Waals surface area contributed by atoms with E-state index >= 15 is 0 Å². The van der Waals surface area contributed by atoms with E-state index in [0.717, 1.165) is 62.9 Å². The molecule has 2 aliphatic rings. The van der Waals surface area contributed by atoms with Crippen LogP contribution in [0, 0.1) is 5.82 Å². The number of aromatic nitrogens is 2. The molecule has 1 aromatic heterocycles. The van der Waals surface area contributed by atoms with Crippen LogP contribution in [0.25, 0.3) is 0 Å². The molecular formula is C17H21FN4OS. The lowest BCUT2D eigenvalue weighted by Crippen LogP contribution is -2.59. The molecule has 0 N–H and O–H groups in total. The van der Waals surface area contributed by atoms with Gasteiger partial charge in [-0.3, -0.25) is 4.90 Å². The number of benzene rings is 1. The Bertz CT molecular complexity index is 662. The molecule has 3 heterocycles. The van der Waals surface area contributed by atoms with Crippen LogP contribution in [0.2, 0.25) is 0 Å². The predicted octanol–water partition coefficient (Wildman–Crippen LogP) is 2.55. The lowest BCUT2D eigenvalue weighted by molar-refractivity contribution is -0.116. The quantitative estimate of drug-likeness (QED) is 0.853. The first-order valence-corrected chi connectivity index (χ1v) is 9.22. The van der Waals surface area contributed by atoms with Crippen LogP contribution in [-0.2, 0) is 11.3 Å². The van der Waals surface area contributed by atoms with E-state index in [0.29, 0.717) is 0 Å². The van der Waals surface area contributed by atoms with E-state index in [-0.39, 0.29) is 11.4 Å². The number of rotatable bonds is 3. The van der Waals surface area contributed by atoms with Crippen LogP contribution in [-0.4, -0.2) is 53.5 Å². The summed E-state index contributed by atoms with van der Waals surface area (Å²) in [6.45, 7) is 5.27. The molecule has 0 saturated carbocycles. The number of nitrogens with zero attached hydrogens (tertiary/aromatic N) is 4. The summed E-state index contributed by atoms with van der Waals surface area (Å²) in [4.78, 5) is 4.71. The highest BCUT2D eigenvalue weighted by atomic mass is 32.1. The van der Waals surface area contributed by atoms with Gasteiger partial charge < -0.3 is 9.64 Å². The van der Waals surface area contributed by atoms with Crippen molar-refractivity contribution in [1.82, 2.24) is 15.1 Å². The zero-order valence-corrected chi connectivity index (χ0v) is 14.3. The molecule has 1 atom stereocenters. The molecule has 5 nitrogen and oxygen atoms in total. The molecule has 0 aliphatic carbocycles. The van der Waals surface area contributed by atoms with Gasteiger partial charge in [0.25, 0.3) is 0 Å². The van der Waals surface area contributed by atoms with Gasteiger partial charge in [-0.2, -0.15) is 0 Å². The maximum atomic E-state index is 13.1. The highest BCUT2D eigenvalue weighted by Gasteiger charge is 2.41. The Kier molecular flexibility index (Phi) is 4.47. The van der Waals surface area contributed by atoms with Crippen molar-refractivity contribution in [3.05, 3.63) is 41.2 Å². The molecule has 1 spiro atoms. The Balaban J connectivity index is 1.44. The molecule has 24 heavy (non-hydrogen) atoms. The van der Waals surface area contributed by atoms with Gasteiger partial charge in [-0.05, 0) is 30.5 Å². The summed E-state index contributed by atoms with van der Waals surface area (Å²) in [5.41, 5.74) is 2.78. The number of morpholine rings is 1. The first-order chi connectivity index (χ1) is 11.7. The maximum absolute atomic E-state index is 13.1. The number of hydrogen-bond acceptors (Lipinski definition) is 6. The van der Waals surface area contributed by atoms with Gasteiger partial charge in [0.1, 0.15) is 11.3 Å². The van der Waals surface area contributed by atoms with Crippen LogP contribution in [0.15, 0.2) is 29.8 Å². The highest BCUT2D eigenvalue weighted by molar-refractivity contribution is 7.13.